The van der Waals surface area contributed by atoms with Crippen LogP contribution in [0.2, 0.25) is 0 Å². The second-order valence-corrected chi connectivity index (χ2v) is 4.06. The van der Waals surface area contributed by atoms with Crippen molar-refractivity contribution in [3.05, 3.63) is 23.8 Å². The number of methoxy groups -OCH3 is 1. The van der Waals surface area contributed by atoms with Crippen LogP contribution in [0.4, 0.5) is 0 Å². The van der Waals surface area contributed by atoms with E-state index in [1.165, 1.54) is 0 Å². The van der Waals surface area contributed by atoms with Gasteiger partial charge in [-0.2, -0.15) is 0 Å². The summed E-state index contributed by atoms with van der Waals surface area (Å²) < 4.78 is 11.2. The molecule has 0 spiro atoms. The highest BCUT2D eigenvalue weighted by Gasteiger charge is 2.10. The number of hydrogen-bond acceptors (Lipinski definition) is 3. The fraction of sp³-hybridized carbons (Fsp3) is 0.571. The second kappa shape index (κ2) is 7.17. The van der Waals surface area contributed by atoms with E-state index in [2.05, 4.69) is 19.2 Å². The summed E-state index contributed by atoms with van der Waals surface area (Å²) in [4.78, 5) is 0. The van der Waals surface area contributed by atoms with Crippen molar-refractivity contribution in [2.75, 3.05) is 14.2 Å². The van der Waals surface area contributed by atoms with Crippen LogP contribution in [0.1, 0.15) is 32.3 Å². The summed E-state index contributed by atoms with van der Waals surface area (Å²) in [6.07, 6.45) is 2.35. The van der Waals surface area contributed by atoms with Crippen LogP contribution < -0.4 is 14.8 Å². The van der Waals surface area contributed by atoms with Crippen LogP contribution >= 0.6 is 0 Å². The van der Waals surface area contributed by atoms with E-state index in [0.717, 1.165) is 36.4 Å². The highest BCUT2D eigenvalue weighted by molar-refractivity contribution is 5.40. The molecule has 1 aromatic carbocycles. The SMILES string of the molecule is CCC(CC)Oc1ccc(OC)cc1CNC. The van der Waals surface area contributed by atoms with Crippen molar-refractivity contribution in [2.24, 2.45) is 0 Å². The van der Waals surface area contributed by atoms with E-state index in [1.807, 2.05) is 25.2 Å². The van der Waals surface area contributed by atoms with Crippen LogP contribution in [0.25, 0.3) is 0 Å². The molecule has 0 aromatic heterocycles. The van der Waals surface area contributed by atoms with Crippen LogP contribution in [0, 0.1) is 0 Å². The van der Waals surface area contributed by atoms with Gasteiger partial charge in [0, 0.05) is 12.1 Å². The first-order valence-corrected chi connectivity index (χ1v) is 6.23. The standard InChI is InChI=1S/C14H23NO2/c1-5-12(6-2)17-14-8-7-13(16-4)9-11(14)10-15-3/h7-9,12,15H,5-6,10H2,1-4H3. The van der Waals surface area contributed by atoms with Gasteiger partial charge in [0.2, 0.25) is 0 Å². The fourth-order valence-electron chi connectivity index (χ4n) is 1.76. The maximum Gasteiger partial charge on any atom is 0.124 e. The normalized spacial score (nSPS) is 10.6. The molecule has 0 atom stereocenters. The number of nitrogens with one attached hydrogen (secondary N) is 1. The number of rotatable bonds is 7. The molecule has 0 aliphatic heterocycles. The monoisotopic (exact) mass is 237 g/mol. The average Bonchev–Trinajstić information content (AvgIpc) is 2.37. The van der Waals surface area contributed by atoms with E-state index in [0.29, 0.717) is 6.10 Å². The maximum absolute atomic E-state index is 6.00. The molecule has 17 heavy (non-hydrogen) atoms. The van der Waals surface area contributed by atoms with Gasteiger partial charge in [-0.05, 0) is 38.1 Å². The highest BCUT2D eigenvalue weighted by atomic mass is 16.5. The third-order valence-electron chi connectivity index (χ3n) is 2.84. The maximum atomic E-state index is 6.00. The third kappa shape index (κ3) is 3.93. The minimum absolute atomic E-state index is 0.291. The molecular formula is C14H23NO2. The quantitative estimate of drug-likeness (QED) is 0.791. The van der Waals surface area contributed by atoms with Gasteiger partial charge in [-0.15, -0.1) is 0 Å². The van der Waals surface area contributed by atoms with E-state index < -0.39 is 0 Å². The van der Waals surface area contributed by atoms with Gasteiger partial charge in [-0.1, -0.05) is 13.8 Å². The summed E-state index contributed by atoms with van der Waals surface area (Å²) in [6, 6.07) is 5.95. The van der Waals surface area contributed by atoms with E-state index in [1.54, 1.807) is 7.11 Å². The molecule has 0 saturated heterocycles. The van der Waals surface area contributed by atoms with Crippen molar-refractivity contribution in [3.63, 3.8) is 0 Å². The molecule has 0 aliphatic rings. The lowest BCUT2D eigenvalue weighted by molar-refractivity contribution is 0.190. The summed E-state index contributed by atoms with van der Waals surface area (Å²) in [7, 11) is 3.61. The molecule has 0 fully saturated rings. The van der Waals surface area contributed by atoms with Gasteiger partial charge < -0.3 is 14.8 Å². The van der Waals surface area contributed by atoms with Gasteiger partial charge in [0.05, 0.1) is 13.2 Å². The fourth-order valence-corrected chi connectivity index (χ4v) is 1.76. The lowest BCUT2D eigenvalue weighted by Gasteiger charge is -2.19. The van der Waals surface area contributed by atoms with E-state index in [4.69, 9.17) is 9.47 Å². The molecular weight excluding hydrogens is 214 g/mol. The van der Waals surface area contributed by atoms with Crippen LogP contribution in [0.5, 0.6) is 11.5 Å². The molecule has 1 aromatic rings. The smallest absolute Gasteiger partial charge is 0.124 e. The Morgan fingerprint density at radius 1 is 1.24 bits per heavy atom. The first-order valence-electron chi connectivity index (χ1n) is 6.23. The summed E-state index contributed by atoms with van der Waals surface area (Å²) in [6.45, 7) is 5.08. The van der Waals surface area contributed by atoms with Crippen LogP contribution in [-0.4, -0.2) is 20.3 Å². The van der Waals surface area contributed by atoms with E-state index in [9.17, 15) is 0 Å². The zero-order valence-electron chi connectivity index (χ0n) is 11.2. The number of benzene rings is 1. The molecule has 3 heteroatoms. The second-order valence-electron chi connectivity index (χ2n) is 4.06. The summed E-state index contributed by atoms with van der Waals surface area (Å²) in [5.41, 5.74) is 1.14. The van der Waals surface area contributed by atoms with Gasteiger partial charge in [0.25, 0.3) is 0 Å². The Kier molecular flexibility index (Phi) is 5.84. The van der Waals surface area contributed by atoms with Gasteiger partial charge in [0.1, 0.15) is 11.5 Å². The molecule has 0 unspecified atom stereocenters. The van der Waals surface area contributed by atoms with Crippen LogP contribution in [-0.2, 0) is 6.54 Å². The molecule has 1 N–H and O–H groups in total. The van der Waals surface area contributed by atoms with Crippen molar-refractivity contribution >= 4 is 0 Å². The molecule has 0 aliphatic carbocycles. The molecule has 0 heterocycles. The largest absolute Gasteiger partial charge is 0.497 e. The number of ether oxygens (including phenoxy) is 2. The number of hydrogen-bond donors (Lipinski definition) is 1. The van der Waals surface area contributed by atoms with Gasteiger partial charge in [0.15, 0.2) is 0 Å². The average molecular weight is 237 g/mol. The molecule has 0 amide bonds. The minimum Gasteiger partial charge on any atom is -0.497 e. The van der Waals surface area contributed by atoms with E-state index in [-0.39, 0.29) is 0 Å². The van der Waals surface area contributed by atoms with Crippen molar-refractivity contribution < 1.29 is 9.47 Å². The Morgan fingerprint density at radius 2 is 1.94 bits per heavy atom. The first kappa shape index (κ1) is 13.8. The zero-order chi connectivity index (χ0) is 12.7. The molecule has 96 valence electrons. The lowest BCUT2D eigenvalue weighted by Crippen LogP contribution is -2.16. The first-order chi connectivity index (χ1) is 8.24. The topological polar surface area (TPSA) is 30.5 Å². The van der Waals surface area contributed by atoms with Gasteiger partial charge >= 0.3 is 0 Å². The van der Waals surface area contributed by atoms with Crippen molar-refractivity contribution in [3.8, 4) is 11.5 Å². The third-order valence-corrected chi connectivity index (χ3v) is 2.84. The molecule has 0 radical (unpaired) electrons. The summed E-state index contributed by atoms with van der Waals surface area (Å²) >= 11 is 0. The Hall–Kier alpha value is -1.22. The predicted molar refractivity (Wildman–Crippen MR) is 70.8 cm³/mol. The molecule has 0 bridgehead atoms. The van der Waals surface area contributed by atoms with Crippen molar-refractivity contribution in [1.29, 1.82) is 0 Å². The van der Waals surface area contributed by atoms with Gasteiger partial charge in [-0.25, -0.2) is 0 Å². The summed E-state index contributed by atoms with van der Waals surface area (Å²) in [5.74, 6) is 1.82. The zero-order valence-corrected chi connectivity index (χ0v) is 11.2. The Bertz CT molecular complexity index is 335. The molecule has 1 rings (SSSR count). The van der Waals surface area contributed by atoms with Crippen molar-refractivity contribution in [1.82, 2.24) is 5.32 Å². The van der Waals surface area contributed by atoms with Gasteiger partial charge in [-0.3, -0.25) is 0 Å². The van der Waals surface area contributed by atoms with Crippen molar-refractivity contribution in [2.45, 2.75) is 39.3 Å². The molecule has 3 nitrogen and oxygen atoms in total. The Balaban J connectivity index is 2.88. The van der Waals surface area contributed by atoms with Crippen LogP contribution in [0.15, 0.2) is 18.2 Å². The Morgan fingerprint density at radius 3 is 2.47 bits per heavy atom. The predicted octanol–water partition coefficient (Wildman–Crippen LogP) is 2.98. The van der Waals surface area contributed by atoms with Crippen LogP contribution in [0.3, 0.4) is 0 Å². The lowest BCUT2D eigenvalue weighted by atomic mass is 10.1. The van der Waals surface area contributed by atoms with E-state index >= 15 is 0 Å². The Labute approximate surface area is 104 Å². The summed E-state index contributed by atoms with van der Waals surface area (Å²) in [5, 5.41) is 3.15. The molecule has 0 saturated carbocycles. The minimum atomic E-state index is 0.291. The highest BCUT2D eigenvalue weighted by Crippen LogP contribution is 2.26.